The van der Waals surface area contributed by atoms with Gasteiger partial charge >= 0.3 is 5.97 Å². The molecule has 1 N–H and O–H groups in total. The quantitative estimate of drug-likeness (QED) is 0.788. The maximum Gasteiger partial charge on any atom is 0.337 e. The van der Waals surface area contributed by atoms with Crippen LogP contribution in [-0.4, -0.2) is 25.7 Å². The van der Waals surface area contributed by atoms with Gasteiger partial charge in [0, 0.05) is 11.1 Å². The van der Waals surface area contributed by atoms with E-state index in [9.17, 15) is 4.79 Å². The van der Waals surface area contributed by atoms with E-state index in [-0.39, 0.29) is 10.6 Å². The minimum Gasteiger partial charge on any atom is -0.478 e. The zero-order chi connectivity index (χ0) is 13.6. The molecule has 3 aromatic rings. The summed E-state index contributed by atoms with van der Waals surface area (Å²) in [4.78, 5) is 13.1. The van der Waals surface area contributed by atoms with Gasteiger partial charge in [-0.2, -0.15) is 0 Å². The van der Waals surface area contributed by atoms with Gasteiger partial charge < -0.3 is 5.11 Å². The first-order chi connectivity index (χ1) is 9.06. The van der Waals surface area contributed by atoms with Crippen LogP contribution in [0.5, 0.6) is 0 Å². The molecule has 3 rings (SSSR count). The minimum absolute atomic E-state index is 0.104. The van der Waals surface area contributed by atoms with Crippen LogP contribution in [0, 0.1) is 6.92 Å². The Balaban J connectivity index is 2.29. The van der Waals surface area contributed by atoms with Gasteiger partial charge in [-0.15, -0.1) is 21.5 Å². The molecule has 0 atom stereocenters. The maximum atomic E-state index is 11.1. The first-order valence-corrected chi connectivity index (χ1v) is 6.60. The molecule has 0 aliphatic heterocycles. The average Bonchev–Trinajstić information content (AvgIpc) is 2.94. The summed E-state index contributed by atoms with van der Waals surface area (Å²) in [6.07, 6.45) is 1.48. The molecular weight excluding hydrogens is 286 g/mol. The smallest absolute Gasteiger partial charge is 0.337 e. The molecule has 3 heterocycles. The van der Waals surface area contributed by atoms with E-state index in [4.69, 9.17) is 16.7 Å². The lowest BCUT2D eigenvalue weighted by atomic mass is 10.3. The highest BCUT2D eigenvalue weighted by Crippen LogP contribution is 2.28. The second-order valence-electron chi connectivity index (χ2n) is 4.01. The van der Waals surface area contributed by atoms with E-state index in [0.717, 1.165) is 9.75 Å². The van der Waals surface area contributed by atoms with Gasteiger partial charge in [0.1, 0.15) is 0 Å². The van der Waals surface area contributed by atoms with Gasteiger partial charge in [-0.05, 0) is 25.1 Å². The Hall–Kier alpha value is -1.92. The number of carboxylic acid groups (broad SMARTS) is 1. The summed E-state index contributed by atoms with van der Waals surface area (Å²) >= 11 is 7.60. The third-order valence-corrected chi connectivity index (χ3v) is 3.94. The molecule has 3 aromatic heterocycles. The lowest BCUT2D eigenvalue weighted by molar-refractivity contribution is 0.0696. The molecule has 19 heavy (non-hydrogen) atoms. The molecule has 7 heteroatoms. The number of pyridine rings is 1. The molecule has 0 spiro atoms. The van der Waals surface area contributed by atoms with Crippen LogP contribution in [0.15, 0.2) is 24.4 Å². The Labute approximate surface area is 117 Å². The van der Waals surface area contributed by atoms with Gasteiger partial charge in [0.15, 0.2) is 11.5 Å². The second kappa shape index (κ2) is 4.32. The lowest BCUT2D eigenvalue weighted by Gasteiger charge is -2.01. The molecular formula is C12H8ClN3O2S. The van der Waals surface area contributed by atoms with Crippen LogP contribution in [0.4, 0.5) is 0 Å². The van der Waals surface area contributed by atoms with Crippen LogP contribution < -0.4 is 0 Å². The number of rotatable bonds is 2. The number of carbonyl (C=O) groups is 1. The van der Waals surface area contributed by atoms with Gasteiger partial charge in [-0.1, -0.05) is 11.6 Å². The van der Waals surface area contributed by atoms with Crippen molar-refractivity contribution >= 4 is 34.6 Å². The van der Waals surface area contributed by atoms with Gasteiger partial charge in [0.25, 0.3) is 0 Å². The lowest BCUT2D eigenvalue weighted by Crippen LogP contribution is -2.00. The summed E-state index contributed by atoms with van der Waals surface area (Å²) in [5.74, 6) is -0.441. The highest BCUT2D eigenvalue weighted by atomic mass is 35.5. The number of halogens is 1. The molecule has 5 nitrogen and oxygen atoms in total. The molecule has 0 aromatic carbocycles. The van der Waals surface area contributed by atoms with Crippen LogP contribution in [-0.2, 0) is 0 Å². The van der Waals surface area contributed by atoms with Crippen molar-refractivity contribution in [2.45, 2.75) is 6.92 Å². The summed E-state index contributed by atoms with van der Waals surface area (Å²) in [6.45, 7) is 1.99. The summed E-state index contributed by atoms with van der Waals surface area (Å²) in [5, 5.41) is 17.4. The summed E-state index contributed by atoms with van der Waals surface area (Å²) in [7, 11) is 0. The fraction of sp³-hybridized carbons (Fsp3) is 0.0833. The van der Waals surface area contributed by atoms with Crippen molar-refractivity contribution in [1.29, 1.82) is 0 Å². The monoisotopic (exact) mass is 293 g/mol. The van der Waals surface area contributed by atoms with Crippen molar-refractivity contribution in [2.24, 2.45) is 0 Å². The van der Waals surface area contributed by atoms with E-state index in [2.05, 4.69) is 10.2 Å². The molecule has 0 amide bonds. The van der Waals surface area contributed by atoms with Gasteiger partial charge in [-0.3, -0.25) is 4.40 Å². The first kappa shape index (κ1) is 12.1. The number of carboxylic acids is 1. The van der Waals surface area contributed by atoms with Crippen molar-refractivity contribution in [3.63, 3.8) is 0 Å². The summed E-state index contributed by atoms with van der Waals surface area (Å²) < 4.78 is 1.61. The Morgan fingerprint density at radius 1 is 1.42 bits per heavy atom. The Bertz CT molecular complexity index is 793. The highest BCUT2D eigenvalue weighted by Gasteiger charge is 2.15. The van der Waals surface area contributed by atoms with Crippen molar-refractivity contribution in [3.8, 4) is 10.7 Å². The number of nitrogens with zero attached hydrogens (tertiary/aromatic N) is 3. The fourth-order valence-corrected chi connectivity index (χ4v) is 2.89. The Kier molecular flexibility index (Phi) is 2.76. The highest BCUT2D eigenvalue weighted by molar-refractivity contribution is 7.15. The number of thiophene rings is 1. The number of aromatic nitrogens is 3. The third-order valence-electron chi connectivity index (χ3n) is 2.67. The maximum absolute atomic E-state index is 11.1. The van der Waals surface area contributed by atoms with E-state index < -0.39 is 5.97 Å². The van der Waals surface area contributed by atoms with Crippen molar-refractivity contribution in [3.05, 3.63) is 39.9 Å². The van der Waals surface area contributed by atoms with Crippen molar-refractivity contribution in [2.75, 3.05) is 0 Å². The Morgan fingerprint density at radius 2 is 2.21 bits per heavy atom. The topological polar surface area (TPSA) is 67.5 Å². The van der Waals surface area contributed by atoms with Gasteiger partial charge in [-0.25, -0.2) is 4.79 Å². The van der Waals surface area contributed by atoms with E-state index in [1.807, 2.05) is 19.1 Å². The number of aryl methyl sites for hydroxylation is 1. The van der Waals surface area contributed by atoms with E-state index in [0.29, 0.717) is 11.5 Å². The second-order valence-corrected chi connectivity index (χ2v) is 5.70. The third kappa shape index (κ3) is 1.98. The first-order valence-electron chi connectivity index (χ1n) is 5.40. The van der Waals surface area contributed by atoms with E-state index >= 15 is 0 Å². The molecule has 0 bridgehead atoms. The summed E-state index contributed by atoms with van der Waals surface area (Å²) in [5.41, 5.74) is 0.555. The summed E-state index contributed by atoms with van der Waals surface area (Å²) in [6, 6.07) is 5.28. The number of hydrogen-bond acceptors (Lipinski definition) is 4. The fourth-order valence-electron chi connectivity index (χ4n) is 1.79. The van der Waals surface area contributed by atoms with Crippen LogP contribution in [0.1, 0.15) is 15.2 Å². The molecule has 0 aliphatic rings. The standard InChI is InChI=1S/C12H8ClN3O2S/c1-6-2-3-9(19-6)11-15-14-10-8(13)4-7(12(17)18)5-16(10)11/h2-5H,1H3,(H,17,18). The van der Waals surface area contributed by atoms with Crippen LogP contribution in [0.3, 0.4) is 0 Å². The predicted molar refractivity (Wildman–Crippen MR) is 73.0 cm³/mol. The van der Waals surface area contributed by atoms with Crippen LogP contribution in [0.2, 0.25) is 5.02 Å². The van der Waals surface area contributed by atoms with Crippen molar-refractivity contribution < 1.29 is 9.90 Å². The Morgan fingerprint density at radius 3 is 2.84 bits per heavy atom. The van der Waals surface area contributed by atoms with E-state index in [1.54, 1.807) is 15.7 Å². The molecule has 0 saturated carbocycles. The van der Waals surface area contributed by atoms with Crippen LogP contribution in [0.25, 0.3) is 16.3 Å². The number of fused-ring (bicyclic) bond motifs is 1. The SMILES string of the molecule is Cc1ccc(-c2nnc3c(Cl)cc(C(=O)O)cn23)s1. The number of hydrogen-bond donors (Lipinski definition) is 1. The molecule has 96 valence electrons. The molecule has 0 unspecified atom stereocenters. The zero-order valence-corrected chi connectivity index (χ0v) is 11.4. The molecule has 0 saturated heterocycles. The van der Waals surface area contributed by atoms with Gasteiger partial charge in [0.05, 0.1) is 15.5 Å². The molecule has 0 fully saturated rings. The average molecular weight is 294 g/mol. The number of aromatic carboxylic acids is 1. The predicted octanol–water partition coefficient (Wildman–Crippen LogP) is 3.12. The van der Waals surface area contributed by atoms with Crippen molar-refractivity contribution in [1.82, 2.24) is 14.6 Å². The van der Waals surface area contributed by atoms with Crippen LogP contribution >= 0.6 is 22.9 Å². The molecule has 0 aliphatic carbocycles. The molecule has 0 radical (unpaired) electrons. The largest absolute Gasteiger partial charge is 0.478 e. The minimum atomic E-state index is -1.04. The van der Waals surface area contributed by atoms with Gasteiger partial charge in [0.2, 0.25) is 0 Å². The zero-order valence-electron chi connectivity index (χ0n) is 9.79. The normalized spacial score (nSPS) is 11.1. The van der Waals surface area contributed by atoms with E-state index in [1.165, 1.54) is 12.3 Å².